The van der Waals surface area contributed by atoms with Crippen molar-refractivity contribution in [2.24, 2.45) is 0 Å². The zero-order valence-electron chi connectivity index (χ0n) is 15.7. The number of pyridine rings is 1. The second-order valence-electron chi connectivity index (χ2n) is 5.67. The minimum Gasteiger partial charge on any atom is -0.368 e. The summed E-state index contributed by atoms with van der Waals surface area (Å²) in [6.45, 7) is 12.8. The number of aromatic nitrogens is 5. The Labute approximate surface area is 153 Å². The average molecular weight is 361 g/mol. The van der Waals surface area contributed by atoms with Crippen LogP contribution in [0.4, 0.5) is 5.95 Å². The van der Waals surface area contributed by atoms with Crippen molar-refractivity contribution in [2.75, 3.05) is 5.73 Å². The van der Waals surface area contributed by atoms with E-state index >= 15 is 0 Å². The van der Waals surface area contributed by atoms with Crippen molar-refractivity contribution in [3.05, 3.63) is 39.4 Å². The lowest BCUT2D eigenvalue weighted by Crippen LogP contribution is -2.09. The zero-order valence-corrected chi connectivity index (χ0v) is 16.4. The molecule has 0 aliphatic rings. The molecule has 0 atom stereocenters. The van der Waals surface area contributed by atoms with Gasteiger partial charge in [0.1, 0.15) is 5.15 Å². The number of nitrogens with zero attached hydrogens (tertiary/aromatic N) is 5. The van der Waals surface area contributed by atoms with E-state index in [4.69, 9.17) is 17.3 Å². The highest BCUT2D eigenvalue weighted by atomic mass is 35.5. The minimum absolute atomic E-state index is 0.149. The van der Waals surface area contributed by atoms with E-state index in [1.807, 2.05) is 31.6 Å². The summed E-state index contributed by atoms with van der Waals surface area (Å²) in [4.78, 5) is 12.9. The van der Waals surface area contributed by atoms with Crippen LogP contribution in [0.5, 0.6) is 0 Å². The normalized spacial score (nSPS) is 10.7. The molecule has 0 saturated heterocycles. The molecule has 0 aliphatic heterocycles. The Morgan fingerprint density at radius 3 is 2.40 bits per heavy atom. The summed E-state index contributed by atoms with van der Waals surface area (Å²) in [5.74, 6) is 0.149. The molecule has 0 unspecified atom stereocenters. The van der Waals surface area contributed by atoms with E-state index in [1.165, 1.54) is 16.7 Å². The molecular formula is C18H25ClN6. The maximum atomic E-state index is 6.24. The van der Waals surface area contributed by atoms with Gasteiger partial charge in [-0.1, -0.05) is 32.4 Å². The maximum absolute atomic E-state index is 6.24. The van der Waals surface area contributed by atoms with Crippen molar-refractivity contribution < 1.29 is 0 Å². The molecule has 0 fully saturated rings. The largest absolute Gasteiger partial charge is 0.368 e. The van der Waals surface area contributed by atoms with E-state index in [2.05, 4.69) is 40.8 Å². The summed E-state index contributed by atoms with van der Waals surface area (Å²) in [7, 11) is 0. The van der Waals surface area contributed by atoms with Crippen molar-refractivity contribution in [1.82, 2.24) is 24.7 Å². The highest BCUT2D eigenvalue weighted by Crippen LogP contribution is 2.26. The van der Waals surface area contributed by atoms with Crippen LogP contribution >= 0.6 is 11.6 Å². The molecule has 134 valence electrons. The quantitative estimate of drug-likeness (QED) is 0.713. The number of hydrogen-bond acceptors (Lipinski definition) is 5. The molecule has 3 rings (SSSR count). The van der Waals surface area contributed by atoms with Gasteiger partial charge in [-0.05, 0) is 43.9 Å². The lowest BCUT2D eigenvalue weighted by Gasteiger charge is -2.10. The van der Waals surface area contributed by atoms with Gasteiger partial charge >= 0.3 is 0 Å². The smallest absolute Gasteiger partial charge is 0.223 e. The van der Waals surface area contributed by atoms with Crippen LogP contribution in [0.1, 0.15) is 48.8 Å². The number of aryl methyl sites for hydroxylation is 2. The van der Waals surface area contributed by atoms with Gasteiger partial charge in [-0.2, -0.15) is 10.1 Å². The third-order valence-electron chi connectivity index (χ3n) is 4.27. The topological polar surface area (TPSA) is 82.5 Å². The number of anilines is 1. The fraction of sp³-hybridized carbons (Fsp3) is 0.444. The number of nitrogen functional groups attached to an aromatic ring is 1. The number of halogens is 1. The van der Waals surface area contributed by atoms with E-state index in [-0.39, 0.29) is 5.95 Å². The molecule has 3 heterocycles. The van der Waals surface area contributed by atoms with Gasteiger partial charge < -0.3 is 5.73 Å². The fourth-order valence-electron chi connectivity index (χ4n) is 2.66. The van der Waals surface area contributed by atoms with Crippen LogP contribution in [0.25, 0.3) is 11.0 Å². The van der Waals surface area contributed by atoms with Crippen LogP contribution in [-0.2, 0) is 13.0 Å². The second-order valence-corrected chi connectivity index (χ2v) is 6.03. The minimum atomic E-state index is 0.149. The summed E-state index contributed by atoms with van der Waals surface area (Å²) < 4.78 is 1.81. The highest BCUT2D eigenvalue weighted by molar-refractivity contribution is 6.34. The SMILES string of the molecule is CC.CCc1nn(Cc2ncc(C)c(C)c2C)c2nc(N)nc(Cl)c12. The van der Waals surface area contributed by atoms with E-state index in [0.717, 1.165) is 23.2 Å². The molecule has 0 bridgehead atoms. The van der Waals surface area contributed by atoms with Gasteiger partial charge in [0.2, 0.25) is 5.95 Å². The van der Waals surface area contributed by atoms with Crippen LogP contribution in [0.3, 0.4) is 0 Å². The number of fused-ring (bicyclic) bond motifs is 1. The highest BCUT2D eigenvalue weighted by Gasteiger charge is 2.17. The second kappa shape index (κ2) is 7.78. The first kappa shape index (κ1) is 19.1. The van der Waals surface area contributed by atoms with Crippen LogP contribution in [0, 0.1) is 20.8 Å². The number of nitrogens with two attached hydrogens (primary N) is 1. The summed E-state index contributed by atoms with van der Waals surface area (Å²) >= 11 is 6.24. The van der Waals surface area contributed by atoms with Crippen molar-refractivity contribution in [2.45, 2.75) is 54.5 Å². The molecule has 0 saturated carbocycles. The van der Waals surface area contributed by atoms with Gasteiger partial charge in [0.15, 0.2) is 5.65 Å². The molecular weight excluding hydrogens is 336 g/mol. The van der Waals surface area contributed by atoms with Crippen LogP contribution < -0.4 is 5.73 Å². The monoisotopic (exact) mass is 360 g/mol. The average Bonchev–Trinajstić information content (AvgIpc) is 2.95. The molecule has 6 nitrogen and oxygen atoms in total. The summed E-state index contributed by atoms with van der Waals surface area (Å²) in [5.41, 5.74) is 11.8. The Morgan fingerprint density at radius 1 is 1.08 bits per heavy atom. The molecule has 0 aromatic carbocycles. The first-order valence-corrected chi connectivity index (χ1v) is 8.90. The lowest BCUT2D eigenvalue weighted by atomic mass is 10.1. The summed E-state index contributed by atoms with van der Waals surface area (Å²) in [5, 5.41) is 5.75. The third-order valence-corrected chi connectivity index (χ3v) is 4.55. The van der Waals surface area contributed by atoms with Crippen LogP contribution in [0.2, 0.25) is 5.15 Å². The third kappa shape index (κ3) is 3.58. The van der Waals surface area contributed by atoms with Crippen molar-refractivity contribution in [3.63, 3.8) is 0 Å². The molecule has 3 aromatic rings. The maximum Gasteiger partial charge on any atom is 0.223 e. The van der Waals surface area contributed by atoms with Crippen molar-refractivity contribution in [1.29, 1.82) is 0 Å². The predicted octanol–water partition coefficient (Wildman–Crippen LogP) is 4.02. The number of hydrogen-bond donors (Lipinski definition) is 1. The Kier molecular flexibility index (Phi) is 5.95. The number of rotatable bonds is 3. The van der Waals surface area contributed by atoms with Gasteiger partial charge in [0.25, 0.3) is 0 Å². The molecule has 7 heteroatoms. The molecule has 25 heavy (non-hydrogen) atoms. The van der Waals surface area contributed by atoms with Gasteiger partial charge in [-0.15, -0.1) is 0 Å². The molecule has 0 radical (unpaired) electrons. The van der Waals surface area contributed by atoms with Gasteiger partial charge in [-0.3, -0.25) is 4.98 Å². The predicted molar refractivity (Wildman–Crippen MR) is 103 cm³/mol. The molecule has 3 aromatic heterocycles. The summed E-state index contributed by atoms with van der Waals surface area (Å²) in [6, 6.07) is 0. The first-order valence-electron chi connectivity index (χ1n) is 8.52. The molecule has 0 aliphatic carbocycles. The lowest BCUT2D eigenvalue weighted by molar-refractivity contribution is 0.671. The molecule has 2 N–H and O–H groups in total. The Bertz CT molecular complexity index is 900. The van der Waals surface area contributed by atoms with E-state index < -0.39 is 0 Å². The Balaban J connectivity index is 0.00000109. The van der Waals surface area contributed by atoms with Gasteiger partial charge in [0, 0.05) is 6.20 Å². The van der Waals surface area contributed by atoms with E-state index in [9.17, 15) is 0 Å². The Morgan fingerprint density at radius 2 is 1.76 bits per heavy atom. The van der Waals surface area contributed by atoms with Crippen LogP contribution in [-0.4, -0.2) is 24.7 Å². The molecule has 0 amide bonds. The van der Waals surface area contributed by atoms with Gasteiger partial charge in [0.05, 0.1) is 23.3 Å². The van der Waals surface area contributed by atoms with Crippen molar-refractivity contribution in [3.8, 4) is 0 Å². The molecule has 0 spiro atoms. The zero-order chi connectivity index (χ0) is 18.7. The fourth-order valence-corrected chi connectivity index (χ4v) is 2.94. The van der Waals surface area contributed by atoms with Gasteiger partial charge in [-0.25, -0.2) is 9.67 Å². The van der Waals surface area contributed by atoms with E-state index in [0.29, 0.717) is 17.3 Å². The van der Waals surface area contributed by atoms with Crippen LogP contribution in [0.15, 0.2) is 6.20 Å². The standard InChI is InChI=1S/C16H19ClN6.C2H6/c1-5-11-13-14(17)20-16(18)21-15(13)23(22-11)7-12-10(4)9(3)8(2)6-19-12;1-2/h6H,5,7H2,1-4H3,(H2,18,20,21);1-2H3. The summed E-state index contributed by atoms with van der Waals surface area (Å²) in [6.07, 6.45) is 2.64. The van der Waals surface area contributed by atoms with E-state index in [1.54, 1.807) is 0 Å². The first-order chi connectivity index (χ1) is 11.9. The van der Waals surface area contributed by atoms with Crippen molar-refractivity contribution >= 4 is 28.6 Å². The Hall–Kier alpha value is -2.21.